The second-order valence-corrected chi connectivity index (χ2v) is 7.79. The van der Waals surface area contributed by atoms with Gasteiger partial charge in [0.1, 0.15) is 0 Å². The Kier molecular flexibility index (Phi) is 4.62. The molecule has 2 aromatic rings. The SMILES string of the molecule is Cc1c(Nc2cc(Br)ccc2Br)cc(N)cc1S(N)(=O)=O. The van der Waals surface area contributed by atoms with Gasteiger partial charge < -0.3 is 11.1 Å². The van der Waals surface area contributed by atoms with Gasteiger partial charge in [-0.15, -0.1) is 0 Å². The van der Waals surface area contributed by atoms with Crippen molar-refractivity contribution in [2.24, 2.45) is 5.14 Å². The molecule has 5 nitrogen and oxygen atoms in total. The number of nitrogens with two attached hydrogens (primary N) is 2. The van der Waals surface area contributed by atoms with Crippen molar-refractivity contribution in [2.75, 3.05) is 11.1 Å². The number of rotatable bonds is 3. The number of nitrogen functional groups attached to an aromatic ring is 1. The molecule has 0 spiro atoms. The number of primary sulfonamides is 1. The van der Waals surface area contributed by atoms with Crippen molar-refractivity contribution in [2.45, 2.75) is 11.8 Å². The van der Waals surface area contributed by atoms with Crippen molar-refractivity contribution in [3.8, 4) is 0 Å². The summed E-state index contributed by atoms with van der Waals surface area (Å²) in [6, 6.07) is 8.64. The highest BCUT2D eigenvalue weighted by Gasteiger charge is 2.16. The van der Waals surface area contributed by atoms with Crippen LogP contribution in [0.3, 0.4) is 0 Å². The normalized spacial score (nSPS) is 11.4. The van der Waals surface area contributed by atoms with Gasteiger partial charge in [0.25, 0.3) is 0 Å². The molecule has 112 valence electrons. The molecule has 8 heteroatoms. The maximum Gasteiger partial charge on any atom is 0.238 e. The van der Waals surface area contributed by atoms with Gasteiger partial charge in [0.15, 0.2) is 0 Å². The number of hydrogen-bond acceptors (Lipinski definition) is 4. The van der Waals surface area contributed by atoms with Crippen molar-refractivity contribution < 1.29 is 8.42 Å². The number of halogens is 2. The third kappa shape index (κ3) is 3.76. The third-order valence-corrected chi connectivity index (χ3v) is 5.11. The lowest BCUT2D eigenvalue weighted by Gasteiger charge is -2.15. The summed E-state index contributed by atoms with van der Waals surface area (Å²) in [4.78, 5) is 0.0103. The van der Waals surface area contributed by atoms with Crippen LogP contribution in [-0.4, -0.2) is 8.42 Å². The maximum absolute atomic E-state index is 11.6. The van der Waals surface area contributed by atoms with Gasteiger partial charge in [0, 0.05) is 20.3 Å². The molecule has 21 heavy (non-hydrogen) atoms. The average molecular weight is 435 g/mol. The van der Waals surface area contributed by atoms with E-state index in [1.165, 1.54) is 6.07 Å². The van der Waals surface area contributed by atoms with Crippen molar-refractivity contribution >= 4 is 58.9 Å². The predicted molar refractivity (Wildman–Crippen MR) is 92.1 cm³/mol. The summed E-state index contributed by atoms with van der Waals surface area (Å²) in [7, 11) is -3.83. The summed E-state index contributed by atoms with van der Waals surface area (Å²) in [5.41, 5.74) is 7.95. The molecule has 0 fully saturated rings. The van der Waals surface area contributed by atoms with Gasteiger partial charge in [-0.2, -0.15) is 0 Å². The van der Waals surface area contributed by atoms with Crippen LogP contribution in [0.25, 0.3) is 0 Å². The summed E-state index contributed by atoms with van der Waals surface area (Å²) in [5.74, 6) is 0. The Bertz CT molecular complexity index is 807. The van der Waals surface area contributed by atoms with Crippen LogP contribution in [0.1, 0.15) is 5.56 Å². The third-order valence-electron chi connectivity index (χ3n) is 2.89. The fourth-order valence-corrected chi connectivity index (χ4v) is 3.42. The molecule has 0 radical (unpaired) electrons. The highest BCUT2D eigenvalue weighted by molar-refractivity contribution is 9.11. The van der Waals surface area contributed by atoms with Gasteiger partial charge in [0.2, 0.25) is 10.0 Å². The molecule has 2 rings (SSSR count). The van der Waals surface area contributed by atoms with E-state index in [9.17, 15) is 8.42 Å². The Balaban J connectivity index is 2.55. The highest BCUT2D eigenvalue weighted by Crippen LogP contribution is 2.33. The molecule has 0 atom stereocenters. The topological polar surface area (TPSA) is 98.2 Å². The van der Waals surface area contributed by atoms with Gasteiger partial charge in [-0.25, -0.2) is 13.6 Å². The van der Waals surface area contributed by atoms with Gasteiger partial charge in [-0.05, 0) is 58.7 Å². The first-order valence-corrected chi connectivity index (χ1v) is 8.96. The maximum atomic E-state index is 11.6. The molecule has 0 aliphatic carbocycles. The minimum Gasteiger partial charge on any atom is -0.399 e. The molecule has 0 aromatic heterocycles. The number of sulfonamides is 1. The molecule has 0 unspecified atom stereocenters. The van der Waals surface area contributed by atoms with Crippen LogP contribution < -0.4 is 16.2 Å². The lowest BCUT2D eigenvalue weighted by atomic mass is 10.1. The first kappa shape index (κ1) is 16.3. The summed E-state index contributed by atoms with van der Waals surface area (Å²) in [5, 5.41) is 8.37. The number of benzene rings is 2. The summed E-state index contributed by atoms with van der Waals surface area (Å²) >= 11 is 6.82. The van der Waals surface area contributed by atoms with E-state index in [1.54, 1.807) is 13.0 Å². The number of anilines is 3. The zero-order chi connectivity index (χ0) is 15.8. The Morgan fingerprint density at radius 2 is 1.76 bits per heavy atom. The molecule has 0 heterocycles. The Morgan fingerprint density at radius 1 is 1.10 bits per heavy atom. The van der Waals surface area contributed by atoms with E-state index in [-0.39, 0.29) is 4.90 Å². The first-order valence-electron chi connectivity index (χ1n) is 5.83. The van der Waals surface area contributed by atoms with Gasteiger partial charge >= 0.3 is 0 Å². The molecule has 0 saturated heterocycles. The van der Waals surface area contributed by atoms with Gasteiger partial charge in [-0.3, -0.25) is 0 Å². The zero-order valence-corrected chi connectivity index (χ0v) is 15.0. The summed E-state index contributed by atoms with van der Waals surface area (Å²) in [6.45, 7) is 1.67. The standard InChI is InChI=1S/C13H13Br2N3O2S/c1-7-11(5-9(16)6-13(7)21(17,19)20)18-12-4-8(14)2-3-10(12)15/h2-6,18H,16H2,1H3,(H2,17,19,20). The number of nitrogens with one attached hydrogen (secondary N) is 1. The molecule has 0 bridgehead atoms. The molecule has 2 aromatic carbocycles. The van der Waals surface area contributed by atoms with Crippen LogP contribution in [0.2, 0.25) is 0 Å². The minimum atomic E-state index is -3.83. The van der Waals surface area contributed by atoms with Gasteiger partial charge in [-0.1, -0.05) is 15.9 Å². The van der Waals surface area contributed by atoms with Crippen molar-refractivity contribution in [3.05, 3.63) is 44.8 Å². The van der Waals surface area contributed by atoms with E-state index < -0.39 is 10.0 Å². The van der Waals surface area contributed by atoms with Crippen LogP contribution in [0.4, 0.5) is 17.1 Å². The van der Waals surface area contributed by atoms with E-state index in [4.69, 9.17) is 10.9 Å². The second-order valence-electron chi connectivity index (χ2n) is 4.49. The number of hydrogen-bond donors (Lipinski definition) is 3. The fourth-order valence-electron chi connectivity index (χ4n) is 1.87. The quantitative estimate of drug-likeness (QED) is 0.643. The van der Waals surface area contributed by atoms with E-state index in [0.29, 0.717) is 16.9 Å². The first-order chi connectivity index (χ1) is 9.68. The van der Waals surface area contributed by atoms with Crippen molar-refractivity contribution in [3.63, 3.8) is 0 Å². The van der Waals surface area contributed by atoms with Crippen LogP contribution in [-0.2, 0) is 10.0 Å². The fraction of sp³-hybridized carbons (Fsp3) is 0.0769. The van der Waals surface area contributed by atoms with Crippen LogP contribution in [0.15, 0.2) is 44.2 Å². The monoisotopic (exact) mass is 433 g/mol. The molecule has 0 aliphatic heterocycles. The van der Waals surface area contributed by atoms with E-state index in [2.05, 4.69) is 37.2 Å². The average Bonchev–Trinajstić information content (AvgIpc) is 2.36. The van der Waals surface area contributed by atoms with Crippen LogP contribution in [0, 0.1) is 6.92 Å². The largest absolute Gasteiger partial charge is 0.399 e. The molecule has 0 amide bonds. The lowest BCUT2D eigenvalue weighted by Crippen LogP contribution is -2.15. The minimum absolute atomic E-state index is 0.0103. The Labute approximate surface area is 140 Å². The summed E-state index contributed by atoms with van der Waals surface area (Å²) < 4.78 is 24.9. The van der Waals surface area contributed by atoms with Crippen LogP contribution >= 0.6 is 31.9 Å². The van der Waals surface area contributed by atoms with Crippen molar-refractivity contribution in [1.82, 2.24) is 0 Å². The summed E-state index contributed by atoms with van der Waals surface area (Å²) in [6.07, 6.45) is 0. The molecular weight excluding hydrogens is 422 g/mol. The second kappa shape index (κ2) is 5.96. The Morgan fingerprint density at radius 3 is 2.38 bits per heavy atom. The van der Waals surface area contributed by atoms with E-state index in [0.717, 1.165) is 14.6 Å². The molecular formula is C13H13Br2N3O2S. The highest BCUT2D eigenvalue weighted by atomic mass is 79.9. The zero-order valence-electron chi connectivity index (χ0n) is 11.0. The predicted octanol–water partition coefficient (Wildman–Crippen LogP) is 3.49. The smallest absolute Gasteiger partial charge is 0.238 e. The molecule has 0 saturated carbocycles. The van der Waals surface area contributed by atoms with E-state index >= 15 is 0 Å². The van der Waals surface area contributed by atoms with Crippen molar-refractivity contribution in [1.29, 1.82) is 0 Å². The van der Waals surface area contributed by atoms with E-state index in [1.807, 2.05) is 18.2 Å². The molecule has 0 aliphatic rings. The lowest BCUT2D eigenvalue weighted by molar-refractivity contribution is 0.597. The molecule has 5 N–H and O–H groups in total. The van der Waals surface area contributed by atoms with Gasteiger partial charge in [0.05, 0.1) is 10.6 Å². The Hall–Kier alpha value is -1.09. The van der Waals surface area contributed by atoms with Crippen LogP contribution in [0.5, 0.6) is 0 Å².